The quantitative estimate of drug-likeness (QED) is 0.185. The topological polar surface area (TPSA) is 12.5 Å². The Morgan fingerprint density at radius 1 is 0.312 bits per heavy atom. The first-order valence-corrected chi connectivity index (χ1v) is 16.3. The molecule has 0 spiro atoms. The number of hydrogen-bond acceptors (Lipinski definition) is 2. The summed E-state index contributed by atoms with van der Waals surface area (Å²) in [5.74, 6) is 1.74. The van der Waals surface area contributed by atoms with Gasteiger partial charge in [0.2, 0.25) is 0 Å². The van der Waals surface area contributed by atoms with Crippen molar-refractivity contribution in [3.8, 4) is 56.0 Å². The Morgan fingerprint density at radius 3 is 1.40 bits per heavy atom. The summed E-state index contributed by atoms with van der Waals surface area (Å²) in [4.78, 5) is 2.31. The van der Waals surface area contributed by atoms with Gasteiger partial charge in [-0.3, -0.25) is 0 Å². The molecule has 0 saturated heterocycles. The third-order valence-electron chi connectivity index (χ3n) is 9.29. The van der Waals surface area contributed by atoms with E-state index in [1.165, 1.54) is 44.3 Å². The average molecular weight is 614 g/mol. The highest BCUT2D eigenvalue weighted by Gasteiger charge is 2.23. The Morgan fingerprint density at radius 2 is 0.812 bits per heavy atom. The van der Waals surface area contributed by atoms with Crippen molar-refractivity contribution in [3.63, 3.8) is 0 Å². The van der Waals surface area contributed by atoms with Crippen LogP contribution in [0, 0.1) is 0 Å². The highest BCUT2D eigenvalue weighted by atomic mass is 16.5. The van der Waals surface area contributed by atoms with Crippen molar-refractivity contribution < 1.29 is 4.74 Å². The lowest BCUT2D eigenvalue weighted by molar-refractivity contribution is 0.487. The Hall–Kier alpha value is -6.38. The molecule has 226 valence electrons. The van der Waals surface area contributed by atoms with E-state index >= 15 is 0 Å². The smallest absolute Gasteiger partial charge is 0.137 e. The number of fused-ring (bicyclic) bond motifs is 2. The summed E-state index contributed by atoms with van der Waals surface area (Å²) in [6.07, 6.45) is 0. The van der Waals surface area contributed by atoms with Crippen LogP contribution in [0.25, 0.3) is 55.3 Å². The number of ether oxygens (including phenoxy) is 1. The molecule has 8 aromatic carbocycles. The van der Waals surface area contributed by atoms with Crippen molar-refractivity contribution >= 4 is 27.8 Å². The average Bonchev–Trinajstić information content (AvgIpc) is 3.17. The van der Waals surface area contributed by atoms with Gasteiger partial charge in [0.05, 0.1) is 0 Å². The lowest BCUT2D eigenvalue weighted by atomic mass is 9.90. The van der Waals surface area contributed by atoms with E-state index in [-0.39, 0.29) is 0 Å². The second-order valence-electron chi connectivity index (χ2n) is 12.1. The molecule has 9 rings (SSSR count). The van der Waals surface area contributed by atoms with E-state index < -0.39 is 0 Å². The van der Waals surface area contributed by atoms with Crippen LogP contribution in [-0.4, -0.2) is 0 Å². The Bertz CT molecular complexity index is 2300. The number of nitrogens with zero attached hydrogens (tertiary/aromatic N) is 1. The molecular weight excluding hydrogens is 583 g/mol. The molecule has 0 unspecified atom stereocenters. The molecule has 0 aromatic heterocycles. The van der Waals surface area contributed by atoms with E-state index in [9.17, 15) is 0 Å². The van der Waals surface area contributed by atoms with Crippen LogP contribution in [-0.2, 0) is 0 Å². The molecule has 0 radical (unpaired) electrons. The molecule has 8 aromatic rings. The molecule has 0 bridgehead atoms. The monoisotopic (exact) mass is 613 g/mol. The van der Waals surface area contributed by atoms with Crippen molar-refractivity contribution in [2.45, 2.75) is 0 Å². The maximum atomic E-state index is 6.73. The lowest BCUT2D eigenvalue weighted by Gasteiger charge is -2.28. The molecule has 0 fully saturated rings. The Labute approximate surface area is 280 Å². The van der Waals surface area contributed by atoms with Gasteiger partial charge in [0.15, 0.2) is 0 Å². The fraction of sp³-hybridized carbons (Fsp3) is 0. The summed E-state index contributed by atoms with van der Waals surface area (Å²) in [6.45, 7) is 0. The highest BCUT2D eigenvalue weighted by Crippen LogP contribution is 2.50. The summed E-state index contributed by atoms with van der Waals surface area (Å²) in [7, 11) is 0. The van der Waals surface area contributed by atoms with E-state index in [0.717, 1.165) is 39.5 Å². The van der Waals surface area contributed by atoms with E-state index in [1.807, 2.05) is 0 Å². The zero-order valence-electron chi connectivity index (χ0n) is 26.3. The highest BCUT2D eigenvalue weighted by molar-refractivity contribution is 6.10. The molecule has 0 N–H and O–H groups in total. The van der Waals surface area contributed by atoms with Crippen LogP contribution in [0.1, 0.15) is 0 Å². The van der Waals surface area contributed by atoms with Crippen LogP contribution >= 0.6 is 0 Å². The Kier molecular flexibility index (Phi) is 6.84. The molecule has 1 heterocycles. The van der Waals surface area contributed by atoms with Gasteiger partial charge in [-0.1, -0.05) is 140 Å². The summed E-state index contributed by atoms with van der Waals surface area (Å²) in [5, 5.41) is 2.36. The zero-order chi connectivity index (χ0) is 31.9. The van der Waals surface area contributed by atoms with Crippen LogP contribution in [0.5, 0.6) is 11.5 Å². The summed E-state index contributed by atoms with van der Waals surface area (Å²) >= 11 is 0. The van der Waals surface area contributed by atoms with Crippen molar-refractivity contribution in [1.82, 2.24) is 0 Å². The van der Waals surface area contributed by atoms with E-state index in [0.29, 0.717) is 0 Å². The van der Waals surface area contributed by atoms with Crippen LogP contribution < -0.4 is 9.64 Å². The third-order valence-corrected chi connectivity index (χ3v) is 9.29. The van der Waals surface area contributed by atoms with E-state index in [4.69, 9.17) is 4.74 Å². The second kappa shape index (κ2) is 11.8. The lowest BCUT2D eigenvalue weighted by Crippen LogP contribution is -2.10. The minimum absolute atomic E-state index is 0.853. The van der Waals surface area contributed by atoms with E-state index in [2.05, 4.69) is 193 Å². The predicted octanol–water partition coefficient (Wildman–Crippen LogP) is 13.1. The Balaban J connectivity index is 1.15. The minimum Gasteiger partial charge on any atom is -0.456 e. The van der Waals surface area contributed by atoms with Gasteiger partial charge in [-0.2, -0.15) is 0 Å². The van der Waals surface area contributed by atoms with Gasteiger partial charge in [-0.15, -0.1) is 0 Å². The first-order valence-electron chi connectivity index (χ1n) is 16.3. The SMILES string of the molecule is c1ccc(-c2ccc(N(c3ccc(-c4ccccc4)cc3)c3ccc4c(c3)Oc3ccc(-c5ccccc5)c5cccc-4c35)cc2)cc1. The predicted molar refractivity (Wildman–Crippen MR) is 200 cm³/mol. The third kappa shape index (κ3) is 4.92. The van der Waals surface area contributed by atoms with Gasteiger partial charge >= 0.3 is 0 Å². The molecule has 2 nitrogen and oxygen atoms in total. The minimum atomic E-state index is 0.853. The molecule has 1 aliphatic heterocycles. The summed E-state index contributed by atoms with van der Waals surface area (Å²) in [5.41, 5.74) is 12.7. The zero-order valence-corrected chi connectivity index (χ0v) is 26.3. The molecule has 0 aliphatic carbocycles. The number of benzene rings is 8. The first kappa shape index (κ1) is 27.9. The summed E-state index contributed by atoms with van der Waals surface area (Å²) in [6, 6.07) is 66.7. The van der Waals surface area contributed by atoms with Crippen LogP contribution in [0.2, 0.25) is 0 Å². The fourth-order valence-electron chi connectivity index (χ4n) is 6.94. The van der Waals surface area contributed by atoms with E-state index in [1.54, 1.807) is 0 Å². The van der Waals surface area contributed by atoms with Crippen LogP contribution in [0.4, 0.5) is 17.1 Å². The molecule has 0 atom stereocenters. The number of rotatable bonds is 6. The van der Waals surface area contributed by atoms with Gasteiger partial charge in [0, 0.05) is 34.1 Å². The fourth-order valence-corrected chi connectivity index (χ4v) is 6.94. The van der Waals surface area contributed by atoms with Gasteiger partial charge in [0.1, 0.15) is 11.5 Å². The number of hydrogen-bond donors (Lipinski definition) is 0. The molecule has 48 heavy (non-hydrogen) atoms. The summed E-state index contributed by atoms with van der Waals surface area (Å²) < 4.78 is 6.73. The van der Waals surface area contributed by atoms with Crippen LogP contribution in [0.3, 0.4) is 0 Å². The second-order valence-corrected chi connectivity index (χ2v) is 12.1. The van der Waals surface area contributed by atoms with Crippen molar-refractivity contribution in [2.75, 3.05) is 4.90 Å². The van der Waals surface area contributed by atoms with Gasteiger partial charge in [-0.25, -0.2) is 0 Å². The maximum absolute atomic E-state index is 6.73. The first-order chi connectivity index (χ1) is 23.8. The van der Waals surface area contributed by atoms with Crippen molar-refractivity contribution in [2.24, 2.45) is 0 Å². The molecular formula is C46H31NO. The molecule has 2 heteroatoms. The number of anilines is 3. The normalized spacial score (nSPS) is 11.5. The van der Waals surface area contributed by atoms with Gasteiger partial charge < -0.3 is 9.64 Å². The molecule has 1 aliphatic rings. The van der Waals surface area contributed by atoms with Crippen LogP contribution in [0.15, 0.2) is 188 Å². The van der Waals surface area contributed by atoms with Crippen molar-refractivity contribution in [1.29, 1.82) is 0 Å². The standard InChI is InChI=1S/C46H31NO/c1-4-11-32(12-5-1)34-19-23-37(24-20-34)47(38-25-21-35(22-26-38)33-13-6-2-7-14-33)39-27-28-41-43-18-10-17-42-40(36-15-8-3-9-16-36)29-30-44(46(42)43)48-45(41)31-39/h1-31H. The van der Waals surface area contributed by atoms with Crippen molar-refractivity contribution in [3.05, 3.63) is 188 Å². The van der Waals surface area contributed by atoms with Gasteiger partial charge in [0.25, 0.3) is 0 Å². The molecule has 0 amide bonds. The molecule has 0 saturated carbocycles. The van der Waals surface area contributed by atoms with Gasteiger partial charge in [-0.05, 0) is 86.8 Å². The largest absolute Gasteiger partial charge is 0.456 e. The maximum Gasteiger partial charge on any atom is 0.137 e.